The van der Waals surface area contributed by atoms with Gasteiger partial charge in [-0.25, -0.2) is 4.39 Å². The number of benzene rings is 2. The lowest BCUT2D eigenvalue weighted by Gasteiger charge is -2.40. The van der Waals surface area contributed by atoms with Gasteiger partial charge < -0.3 is 19.5 Å². The Labute approximate surface area is 224 Å². The van der Waals surface area contributed by atoms with Gasteiger partial charge in [0.2, 0.25) is 5.43 Å². The smallest absolute Gasteiger partial charge is 0.275 e. The van der Waals surface area contributed by atoms with Crippen LogP contribution in [0.1, 0.15) is 69.9 Å². The van der Waals surface area contributed by atoms with Gasteiger partial charge in [0.05, 0.1) is 17.1 Å². The first-order valence-corrected chi connectivity index (χ1v) is 13.3. The lowest BCUT2D eigenvalue weighted by molar-refractivity contribution is 0.0538. The number of nitrogens with one attached hydrogen (secondary N) is 1. The van der Waals surface area contributed by atoms with Crippen molar-refractivity contribution in [3.8, 4) is 5.75 Å². The Hall–Kier alpha value is -3.65. The van der Waals surface area contributed by atoms with Gasteiger partial charge in [-0.1, -0.05) is 54.1 Å². The van der Waals surface area contributed by atoms with Gasteiger partial charge in [0.1, 0.15) is 18.0 Å². The lowest BCUT2D eigenvalue weighted by Crippen LogP contribution is -2.50. The minimum atomic E-state index is -0.625. The maximum absolute atomic E-state index is 14.4. The topological polar surface area (TPSA) is 80.6 Å². The Kier molecular flexibility index (Phi) is 6.22. The van der Waals surface area contributed by atoms with Crippen LogP contribution >= 0.6 is 11.6 Å². The molecule has 4 heterocycles. The van der Waals surface area contributed by atoms with Crippen molar-refractivity contribution in [2.75, 3.05) is 0 Å². The van der Waals surface area contributed by atoms with Crippen LogP contribution in [0, 0.1) is 5.82 Å². The number of pyridine rings is 1. The summed E-state index contributed by atoms with van der Waals surface area (Å²) in [6.07, 6.45) is 2.98. The van der Waals surface area contributed by atoms with E-state index in [0.29, 0.717) is 12.1 Å². The molecule has 1 fully saturated rings. The molecule has 1 aromatic heterocycles. The molecule has 0 bridgehead atoms. The van der Waals surface area contributed by atoms with Crippen LogP contribution in [0.3, 0.4) is 0 Å². The number of carbonyl (C=O) groups excluding carboxylic acids is 2. The highest BCUT2D eigenvalue weighted by Crippen LogP contribution is 2.45. The molecule has 3 aromatic rings. The van der Waals surface area contributed by atoms with E-state index < -0.39 is 17.2 Å². The number of ether oxygens (including phenoxy) is 1. The monoisotopic (exact) mass is 535 g/mol. The first-order chi connectivity index (χ1) is 18.4. The maximum atomic E-state index is 14.4. The molecule has 38 heavy (non-hydrogen) atoms. The zero-order valence-electron chi connectivity index (χ0n) is 20.9. The van der Waals surface area contributed by atoms with E-state index in [1.807, 2.05) is 46.7 Å². The lowest BCUT2D eigenvalue weighted by atomic mass is 10.0. The van der Waals surface area contributed by atoms with Crippen molar-refractivity contribution < 1.29 is 18.7 Å². The molecule has 0 saturated carbocycles. The van der Waals surface area contributed by atoms with Crippen molar-refractivity contribution in [1.29, 1.82) is 0 Å². The predicted molar refractivity (Wildman–Crippen MR) is 140 cm³/mol. The van der Waals surface area contributed by atoms with Crippen LogP contribution in [-0.4, -0.2) is 33.4 Å². The summed E-state index contributed by atoms with van der Waals surface area (Å²) in [4.78, 5) is 43.1. The highest BCUT2D eigenvalue weighted by Gasteiger charge is 2.50. The molecule has 1 N–H and O–H groups in total. The summed E-state index contributed by atoms with van der Waals surface area (Å²) >= 11 is 5.88. The highest BCUT2D eigenvalue weighted by molar-refractivity contribution is 6.30. The fourth-order valence-electron chi connectivity index (χ4n) is 6.22. The van der Waals surface area contributed by atoms with Crippen molar-refractivity contribution in [3.63, 3.8) is 0 Å². The molecule has 0 radical (unpaired) electrons. The van der Waals surface area contributed by atoms with Crippen LogP contribution in [0.4, 0.5) is 4.39 Å². The largest absolute Gasteiger partial charge is 0.483 e. The Balaban J connectivity index is 1.43. The highest BCUT2D eigenvalue weighted by atomic mass is 35.5. The van der Waals surface area contributed by atoms with Crippen molar-refractivity contribution in [1.82, 2.24) is 14.8 Å². The first-order valence-electron chi connectivity index (χ1n) is 12.9. The molecule has 3 atom stereocenters. The molecular weight excluding hydrogens is 509 g/mol. The van der Waals surface area contributed by atoms with Gasteiger partial charge in [0.15, 0.2) is 11.4 Å². The number of aromatic nitrogens is 1. The molecule has 0 spiro atoms. The van der Waals surface area contributed by atoms with E-state index in [9.17, 15) is 18.8 Å². The molecule has 0 aliphatic carbocycles. The third-order valence-electron chi connectivity index (χ3n) is 7.99. The summed E-state index contributed by atoms with van der Waals surface area (Å²) < 4.78 is 22.4. The number of hydrogen-bond donors (Lipinski definition) is 1. The summed E-state index contributed by atoms with van der Waals surface area (Å²) in [7, 11) is 0. The van der Waals surface area contributed by atoms with Gasteiger partial charge in [-0.2, -0.15) is 0 Å². The van der Waals surface area contributed by atoms with E-state index in [1.165, 1.54) is 12.1 Å². The van der Waals surface area contributed by atoms with Crippen LogP contribution in [0.15, 0.2) is 53.3 Å². The third-order valence-corrected chi connectivity index (χ3v) is 8.29. The number of amides is 2. The second-order valence-corrected chi connectivity index (χ2v) is 10.6. The van der Waals surface area contributed by atoms with Gasteiger partial charge in [-0.3, -0.25) is 14.4 Å². The third kappa shape index (κ3) is 3.89. The van der Waals surface area contributed by atoms with Crippen LogP contribution < -0.4 is 15.5 Å². The molecule has 2 amide bonds. The van der Waals surface area contributed by atoms with E-state index in [2.05, 4.69) is 5.32 Å². The molecule has 3 aliphatic rings. The number of fused-ring (bicyclic) bond motifs is 2. The summed E-state index contributed by atoms with van der Waals surface area (Å²) in [5.74, 6) is -1.58. The van der Waals surface area contributed by atoms with Crippen molar-refractivity contribution in [2.45, 2.75) is 63.9 Å². The average Bonchev–Trinajstić information content (AvgIpc) is 3.52. The van der Waals surface area contributed by atoms with Gasteiger partial charge in [-0.15, -0.1) is 0 Å². The quantitative estimate of drug-likeness (QED) is 0.498. The van der Waals surface area contributed by atoms with E-state index in [4.69, 9.17) is 16.3 Å². The summed E-state index contributed by atoms with van der Waals surface area (Å²) in [5, 5.41) is 2.64. The maximum Gasteiger partial charge on any atom is 0.275 e. The fourth-order valence-corrected chi connectivity index (χ4v) is 6.42. The molecule has 6 rings (SSSR count). The SMILES string of the molecule is C[C@H]1CCC2C3CCc4c(C(=O)NCc5cccc(Cl)c5F)c(=O)c(OCc5ccccc5)c(n43)C(=O)N21. The Morgan fingerprint density at radius 3 is 2.66 bits per heavy atom. The molecule has 3 aliphatic heterocycles. The Morgan fingerprint density at radius 2 is 1.87 bits per heavy atom. The summed E-state index contributed by atoms with van der Waals surface area (Å²) in [5.41, 5.74) is 1.15. The number of rotatable bonds is 6. The van der Waals surface area contributed by atoms with Crippen LogP contribution in [0.25, 0.3) is 0 Å². The molecular formula is C29H27ClFN3O4. The van der Waals surface area contributed by atoms with E-state index in [1.54, 1.807) is 6.07 Å². The van der Waals surface area contributed by atoms with Crippen LogP contribution in [0.5, 0.6) is 5.75 Å². The number of nitrogens with zero attached hydrogens (tertiary/aromatic N) is 2. The van der Waals surface area contributed by atoms with Crippen molar-refractivity contribution in [3.05, 3.63) is 97.7 Å². The summed E-state index contributed by atoms with van der Waals surface area (Å²) in [6.45, 7) is 1.97. The van der Waals surface area contributed by atoms with Crippen LogP contribution in [0.2, 0.25) is 5.02 Å². The van der Waals surface area contributed by atoms with Gasteiger partial charge in [0, 0.05) is 23.8 Å². The fraction of sp³-hybridized carbons (Fsp3) is 0.345. The summed E-state index contributed by atoms with van der Waals surface area (Å²) in [6, 6.07) is 14.0. The van der Waals surface area contributed by atoms with Gasteiger partial charge >= 0.3 is 0 Å². The molecule has 9 heteroatoms. The zero-order valence-corrected chi connectivity index (χ0v) is 21.6. The Bertz CT molecular complexity index is 1510. The normalized spacial score (nSPS) is 21.3. The minimum absolute atomic E-state index is 0.0205. The molecule has 2 unspecified atom stereocenters. The average molecular weight is 536 g/mol. The minimum Gasteiger partial charge on any atom is -0.483 e. The molecule has 196 valence electrons. The molecule has 7 nitrogen and oxygen atoms in total. The number of carbonyl (C=O) groups is 2. The molecule has 1 saturated heterocycles. The van der Waals surface area contributed by atoms with E-state index in [0.717, 1.165) is 24.8 Å². The zero-order chi connectivity index (χ0) is 26.6. The predicted octanol–water partition coefficient (Wildman–Crippen LogP) is 4.64. The Morgan fingerprint density at radius 1 is 1.08 bits per heavy atom. The van der Waals surface area contributed by atoms with Crippen molar-refractivity contribution >= 4 is 23.4 Å². The van der Waals surface area contributed by atoms with E-state index in [-0.39, 0.29) is 64.8 Å². The van der Waals surface area contributed by atoms with E-state index >= 15 is 0 Å². The van der Waals surface area contributed by atoms with Gasteiger partial charge in [-0.05, 0) is 44.2 Å². The standard InChI is InChI=1S/C29H27ClFN3O4/c1-16-10-11-20-21-12-13-22-23(28(36)32-14-18-8-5-9-19(30)24(18)31)26(35)27(25(34(21)22)29(37)33(16)20)38-15-17-6-3-2-4-7-17/h2-9,16,20-21H,10-15H2,1H3,(H,32,36)/t16-,20?,21?/m0/s1. The second-order valence-electron chi connectivity index (χ2n) is 10.2. The van der Waals surface area contributed by atoms with Crippen LogP contribution in [-0.2, 0) is 19.6 Å². The van der Waals surface area contributed by atoms with Gasteiger partial charge in [0.25, 0.3) is 11.8 Å². The number of hydrogen-bond acceptors (Lipinski definition) is 4. The second kappa shape index (κ2) is 9.58. The molecule has 2 aromatic carbocycles. The van der Waals surface area contributed by atoms with Crippen molar-refractivity contribution in [2.24, 2.45) is 0 Å². The number of halogens is 2. The first kappa shape index (κ1) is 24.7.